The fraction of sp³-hybridized carbons (Fsp3) is 0.407. The van der Waals surface area contributed by atoms with Gasteiger partial charge in [-0.05, 0) is 62.7 Å². The Morgan fingerprint density at radius 2 is 1.87 bits per heavy atom. The van der Waals surface area contributed by atoms with Crippen LogP contribution in [0.15, 0.2) is 42.4 Å². The fourth-order valence-electron chi connectivity index (χ4n) is 5.57. The number of aliphatic hydroxyl groups excluding tert-OH is 1. The molecular weight excluding hydrogens is 484 g/mol. The molecule has 38 heavy (non-hydrogen) atoms. The molecule has 6 rings (SSSR count). The number of nitrogens with two attached hydrogens (primary N) is 1. The van der Waals surface area contributed by atoms with Gasteiger partial charge in [0.2, 0.25) is 5.95 Å². The molecule has 0 spiro atoms. The SMILES string of the molecule is Nc1nn(C2CCN(c3ncc(C4=CCC(C(=O)O)CC4)cn3)CC2)c2cc(C3=C(O)C=CCC3)nnc12. The summed E-state index contributed by atoms with van der Waals surface area (Å²) in [6.45, 7) is 1.55. The summed E-state index contributed by atoms with van der Waals surface area (Å²) in [5.41, 5.74) is 11.1. The lowest BCUT2D eigenvalue weighted by atomic mass is 9.87. The highest BCUT2D eigenvalue weighted by Crippen LogP contribution is 2.33. The summed E-state index contributed by atoms with van der Waals surface area (Å²) in [4.78, 5) is 22.6. The molecule has 3 aromatic rings. The van der Waals surface area contributed by atoms with Crippen molar-refractivity contribution in [3.8, 4) is 0 Å². The number of aromatic nitrogens is 6. The van der Waals surface area contributed by atoms with Crippen molar-refractivity contribution in [1.29, 1.82) is 0 Å². The number of aliphatic hydroxyl groups is 1. The fourth-order valence-corrected chi connectivity index (χ4v) is 5.57. The van der Waals surface area contributed by atoms with Crippen LogP contribution in [-0.2, 0) is 4.79 Å². The van der Waals surface area contributed by atoms with E-state index in [9.17, 15) is 15.0 Å². The molecule has 11 heteroatoms. The van der Waals surface area contributed by atoms with Crippen LogP contribution >= 0.6 is 0 Å². The maximum Gasteiger partial charge on any atom is 0.306 e. The number of carboxylic acid groups (broad SMARTS) is 1. The van der Waals surface area contributed by atoms with Gasteiger partial charge in [0.15, 0.2) is 11.3 Å². The quantitative estimate of drug-likeness (QED) is 0.456. The average molecular weight is 515 g/mol. The van der Waals surface area contributed by atoms with Crippen molar-refractivity contribution in [3.63, 3.8) is 0 Å². The summed E-state index contributed by atoms with van der Waals surface area (Å²) in [6, 6.07) is 2.08. The zero-order chi connectivity index (χ0) is 26.2. The molecule has 4 N–H and O–H groups in total. The topological polar surface area (TPSA) is 156 Å². The highest BCUT2D eigenvalue weighted by Gasteiger charge is 2.27. The maximum atomic E-state index is 11.2. The minimum atomic E-state index is -0.729. The van der Waals surface area contributed by atoms with Crippen molar-refractivity contribution in [2.75, 3.05) is 23.7 Å². The first-order valence-electron chi connectivity index (χ1n) is 13.1. The van der Waals surface area contributed by atoms with Crippen molar-refractivity contribution >= 4 is 39.9 Å². The van der Waals surface area contributed by atoms with Gasteiger partial charge in [-0.15, -0.1) is 10.2 Å². The number of piperidine rings is 1. The summed E-state index contributed by atoms with van der Waals surface area (Å²) < 4.78 is 1.96. The number of anilines is 2. The van der Waals surface area contributed by atoms with Gasteiger partial charge in [-0.1, -0.05) is 12.2 Å². The van der Waals surface area contributed by atoms with Crippen LogP contribution in [0.4, 0.5) is 11.8 Å². The van der Waals surface area contributed by atoms with E-state index >= 15 is 0 Å². The lowest BCUT2D eigenvalue weighted by Gasteiger charge is -2.32. The second-order valence-electron chi connectivity index (χ2n) is 10.1. The van der Waals surface area contributed by atoms with Crippen LogP contribution < -0.4 is 10.6 Å². The standard InChI is InChI=1S/C27H30N8O3/c28-25-24-22(13-21(31-32-24)20-3-1-2-4-23(20)36)35(33-25)19-9-11-34(12-10-19)27-29-14-18(15-30-27)16-5-7-17(8-6-16)26(37)38/h2,4-5,13-15,17,19,36H,1,3,6-12H2,(H2,28,33)(H,37,38). The Labute approximate surface area is 219 Å². The summed E-state index contributed by atoms with van der Waals surface area (Å²) in [5.74, 6) is 0.252. The van der Waals surface area contributed by atoms with E-state index in [-0.39, 0.29) is 17.7 Å². The number of nitrogens with zero attached hydrogens (tertiary/aromatic N) is 7. The van der Waals surface area contributed by atoms with Gasteiger partial charge in [0, 0.05) is 36.6 Å². The van der Waals surface area contributed by atoms with Gasteiger partial charge >= 0.3 is 5.97 Å². The van der Waals surface area contributed by atoms with Gasteiger partial charge < -0.3 is 20.8 Å². The Hall–Kier alpha value is -4.28. The van der Waals surface area contributed by atoms with Crippen LogP contribution in [0.25, 0.3) is 22.2 Å². The van der Waals surface area contributed by atoms with E-state index < -0.39 is 5.97 Å². The van der Waals surface area contributed by atoms with Crippen molar-refractivity contribution < 1.29 is 15.0 Å². The van der Waals surface area contributed by atoms with Gasteiger partial charge in [0.25, 0.3) is 0 Å². The third-order valence-corrected chi connectivity index (χ3v) is 7.80. The number of allylic oxidation sites excluding steroid dienone is 5. The average Bonchev–Trinajstić information content (AvgIpc) is 3.29. The lowest BCUT2D eigenvalue weighted by Crippen LogP contribution is -2.36. The number of aliphatic carboxylic acids is 1. The predicted octanol–water partition coefficient (Wildman–Crippen LogP) is 3.93. The van der Waals surface area contributed by atoms with Crippen LogP contribution in [-0.4, -0.2) is 59.2 Å². The van der Waals surface area contributed by atoms with Crippen LogP contribution in [0, 0.1) is 5.92 Å². The summed E-state index contributed by atoms with van der Waals surface area (Å²) in [5, 5.41) is 32.8. The Morgan fingerprint density at radius 3 is 2.55 bits per heavy atom. The Kier molecular flexibility index (Phi) is 6.26. The van der Waals surface area contributed by atoms with Crippen molar-refractivity contribution in [1.82, 2.24) is 29.9 Å². The number of nitrogen functional groups attached to an aromatic ring is 1. The first-order chi connectivity index (χ1) is 18.5. The monoisotopic (exact) mass is 514 g/mol. The first-order valence-corrected chi connectivity index (χ1v) is 13.1. The zero-order valence-electron chi connectivity index (χ0n) is 21.0. The lowest BCUT2D eigenvalue weighted by molar-refractivity contribution is -0.141. The zero-order valence-corrected chi connectivity index (χ0v) is 21.0. The second kappa shape index (κ2) is 9.88. The van der Waals surface area contributed by atoms with Gasteiger partial charge in [-0.2, -0.15) is 5.10 Å². The molecule has 1 fully saturated rings. The van der Waals surface area contributed by atoms with Crippen LogP contribution in [0.1, 0.15) is 62.2 Å². The van der Waals surface area contributed by atoms with E-state index in [1.165, 1.54) is 0 Å². The van der Waals surface area contributed by atoms with Crippen molar-refractivity contribution in [2.24, 2.45) is 5.92 Å². The smallest absolute Gasteiger partial charge is 0.306 e. The minimum Gasteiger partial charge on any atom is -0.508 e. The second-order valence-corrected chi connectivity index (χ2v) is 10.1. The molecule has 0 bridgehead atoms. The molecule has 3 aromatic heterocycles. The molecule has 11 nitrogen and oxygen atoms in total. The minimum absolute atomic E-state index is 0.144. The Bertz CT molecular complexity index is 1470. The molecule has 2 aliphatic carbocycles. The molecule has 3 aliphatic rings. The molecule has 1 saturated heterocycles. The molecule has 0 aromatic carbocycles. The summed E-state index contributed by atoms with van der Waals surface area (Å²) in [7, 11) is 0. The molecular formula is C27H30N8O3. The van der Waals surface area contributed by atoms with E-state index in [2.05, 4.69) is 30.2 Å². The maximum absolute atomic E-state index is 11.2. The Morgan fingerprint density at radius 1 is 1.08 bits per heavy atom. The molecule has 196 valence electrons. The molecule has 0 radical (unpaired) electrons. The molecule has 1 atom stereocenters. The largest absolute Gasteiger partial charge is 0.508 e. The van der Waals surface area contributed by atoms with Crippen LogP contribution in [0.2, 0.25) is 0 Å². The molecule has 0 saturated carbocycles. The molecule has 1 unspecified atom stereocenters. The van der Waals surface area contributed by atoms with E-state index in [0.717, 1.165) is 61.0 Å². The van der Waals surface area contributed by atoms with E-state index in [0.29, 0.717) is 42.2 Å². The van der Waals surface area contributed by atoms with Gasteiger partial charge in [-0.25, -0.2) is 9.97 Å². The Balaban J connectivity index is 1.16. The van der Waals surface area contributed by atoms with Crippen molar-refractivity contribution in [3.05, 3.63) is 53.7 Å². The van der Waals surface area contributed by atoms with Gasteiger partial charge in [0.05, 0.1) is 23.2 Å². The van der Waals surface area contributed by atoms with Crippen molar-refractivity contribution in [2.45, 2.75) is 51.0 Å². The highest BCUT2D eigenvalue weighted by atomic mass is 16.4. The number of carboxylic acids is 1. The normalized spacial score (nSPS) is 20.7. The third kappa shape index (κ3) is 4.48. The van der Waals surface area contributed by atoms with Crippen LogP contribution in [0.5, 0.6) is 0 Å². The summed E-state index contributed by atoms with van der Waals surface area (Å²) in [6.07, 6.45) is 14.5. The molecule has 1 aliphatic heterocycles. The predicted molar refractivity (Wildman–Crippen MR) is 143 cm³/mol. The molecule has 4 heterocycles. The van der Waals surface area contributed by atoms with Gasteiger partial charge in [0.1, 0.15) is 5.76 Å². The van der Waals surface area contributed by atoms with Crippen LogP contribution in [0.3, 0.4) is 0 Å². The highest BCUT2D eigenvalue weighted by molar-refractivity contribution is 5.87. The number of hydrogen-bond acceptors (Lipinski definition) is 9. The van der Waals surface area contributed by atoms with E-state index in [4.69, 9.17) is 5.73 Å². The number of fused-ring (bicyclic) bond motifs is 1. The van der Waals surface area contributed by atoms with E-state index in [1.54, 1.807) is 6.08 Å². The summed E-state index contributed by atoms with van der Waals surface area (Å²) >= 11 is 0. The first kappa shape index (κ1) is 24.1. The van der Waals surface area contributed by atoms with Gasteiger partial charge in [-0.3, -0.25) is 9.48 Å². The molecule has 0 amide bonds. The number of hydrogen-bond donors (Lipinski definition) is 3. The number of carbonyl (C=O) groups is 1. The third-order valence-electron chi connectivity index (χ3n) is 7.80. The number of rotatable bonds is 5. The van der Waals surface area contributed by atoms with E-state index in [1.807, 2.05) is 35.3 Å².